The topological polar surface area (TPSA) is 46.2 Å². The van der Waals surface area contributed by atoms with E-state index in [4.69, 9.17) is 0 Å². The molecule has 18 heavy (non-hydrogen) atoms. The number of anilines is 1. The van der Waals surface area contributed by atoms with Crippen LogP contribution in [-0.2, 0) is 15.4 Å². The Hall–Kier alpha value is -1.17. The Bertz CT molecular complexity index is 553. The lowest BCUT2D eigenvalue weighted by Gasteiger charge is -2.24. The molecule has 0 saturated carbocycles. The third kappa shape index (κ3) is 3.41. The fourth-order valence-electron chi connectivity index (χ4n) is 1.54. The number of sulfonamides is 1. The second kappa shape index (κ2) is 4.84. The first-order valence-electron chi connectivity index (χ1n) is 5.54. The summed E-state index contributed by atoms with van der Waals surface area (Å²) >= 11 is 0. The van der Waals surface area contributed by atoms with Crippen LogP contribution in [-0.4, -0.2) is 14.7 Å². The molecule has 0 fully saturated rings. The van der Waals surface area contributed by atoms with Crippen molar-refractivity contribution < 1.29 is 17.2 Å². The molecule has 0 bridgehead atoms. The van der Waals surface area contributed by atoms with Gasteiger partial charge in [-0.15, -0.1) is 0 Å². The summed E-state index contributed by atoms with van der Waals surface area (Å²) in [5.74, 6) is -1.59. The van der Waals surface area contributed by atoms with Gasteiger partial charge in [-0.3, -0.25) is 4.72 Å². The maximum atomic E-state index is 13.7. The highest BCUT2D eigenvalue weighted by Crippen LogP contribution is 2.32. The fraction of sp³-hybridized carbons (Fsp3) is 0.500. The zero-order chi connectivity index (χ0) is 14.1. The molecule has 1 N–H and O–H groups in total. The van der Waals surface area contributed by atoms with E-state index >= 15 is 0 Å². The molecular formula is C12H17F2NO2S. The first kappa shape index (κ1) is 14.9. The largest absolute Gasteiger partial charge is 0.281 e. The van der Waals surface area contributed by atoms with Crippen molar-refractivity contribution in [2.24, 2.45) is 0 Å². The summed E-state index contributed by atoms with van der Waals surface area (Å²) in [5.41, 5.74) is -0.431. The monoisotopic (exact) mass is 277 g/mol. The van der Waals surface area contributed by atoms with Crippen molar-refractivity contribution >= 4 is 15.7 Å². The first-order chi connectivity index (χ1) is 8.07. The highest BCUT2D eigenvalue weighted by molar-refractivity contribution is 7.92. The van der Waals surface area contributed by atoms with Crippen LogP contribution in [0.15, 0.2) is 12.1 Å². The summed E-state index contributed by atoms with van der Waals surface area (Å²) in [5, 5.41) is 0. The normalized spacial score (nSPS) is 12.6. The third-order valence-corrected chi connectivity index (χ3v) is 3.56. The van der Waals surface area contributed by atoms with Gasteiger partial charge in [-0.05, 0) is 23.5 Å². The summed E-state index contributed by atoms with van der Waals surface area (Å²) in [6.07, 6.45) is 1.56. The Morgan fingerprint density at radius 1 is 1.22 bits per heavy atom. The van der Waals surface area contributed by atoms with Crippen molar-refractivity contribution in [3.05, 3.63) is 29.3 Å². The molecule has 0 heterocycles. The molecule has 0 saturated heterocycles. The maximum absolute atomic E-state index is 13.7. The van der Waals surface area contributed by atoms with E-state index in [1.54, 1.807) is 0 Å². The van der Waals surface area contributed by atoms with Gasteiger partial charge < -0.3 is 0 Å². The standard InChI is InChI=1S/C12H17F2NO2S/c1-5-12(2,3)8-6-11(15-18(4,16)17)10(14)7-9(8)13/h6-7,15H,5H2,1-4H3. The molecule has 1 aromatic carbocycles. The zero-order valence-electron chi connectivity index (χ0n) is 10.8. The van der Waals surface area contributed by atoms with Crippen LogP contribution in [0.3, 0.4) is 0 Å². The quantitative estimate of drug-likeness (QED) is 0.919. The van der Waals surface area contributed by atoms with E-state index in [9.17, 15) is 17.2 Å². The minimum absolute atomic E-state index is 0.226. The van der Waals surface area contributed by atoms with E-state index in [-0.39, 0.29) is 11.3 Å². The third-order valence-electron chi connectivity index (χ3n) is 2.97. The number of nitrogens with one attached hydrogen (secondary N) is 1. The van der Waals surface area contributed by atoms with Crippen molar-refractivity contribution in [2.75, 3.05) is 11.0 Å². The Kier molecular flexibility index (Phi) is 4.00. The van der Waals surface area contributed by atoms with Crippen molar-refractivity contribution in [1.82, 2.24) is 0 Å². The van der Waals surface area contributed by atoms with Gasteiger partial charge in [0.1, 0.15) is 11.6 Å². The van der Waals surface area contributed by atoms with Crippen LogP contribution in [0.5, 0.6) is 0 Å². The van der Waals surface area contributed by atoms with Gasteiger partial charge >= 0.3 is 0 Å². The zero-order valence-corrected chi connectivity index (χ0v) is 11.7. The van der Waals surface area contributed by atoms with Crippen LogP contribution in [0, 0.1) is 11.6 Å². The molecule has 1 rings (SSSR count). The highest BCUT2D eigenvalue weighted by atomic mass is 32.2. The predicted octanol–water partition coefficient (Wildman–Crippen LogP) is 3.02. The van der Waals surface area contributed by atoms with Gasteiger partial charge in [-0.25, -0.2) is 17.2 Å². The molecule has 0 aliphatic carbocycles. The van der Waals surface area contributed by atoms with Gasteiger partial charge in [-0.2, -0.15) is 0 Å². The van der Waals surface area contributed by atoms with E-state index < -0.39 is 27.1 Å². The molecule has 102 valence electrons. The highest BCUT2D eigenvalue weighted by Gasteiger charge is 2.24. The van der Waals surface area contributed by atoms with Gasteiger partial charge in [-0.1, -0.05) is 20.8 Å². The van der Waals surface area contributed by atoms with Crippen LogP contribution < -0.4 is 4.72 Å². The van der Waals surface area contributed by atoms with Gasteiger partial charge in [0.05, 0.1) is 11.9 Å². The molecule has 6 heteroatoms. The van der Waals surface area contributed by atoms with E-state index in [0.29, 0.717) is 12.5 Å². The van der Waals surface area contributed by atoms with Crippen LogP contribution >= 0.6 is 0 Å². The van der Waals surface area contributed by atoms with E-state index in [1.807, 2.05) is 25.5 Å². The number of rotatable bonds is 4. The molecule has 0 aliphatic rings. The second-order valence-corrected chi connectivity index (χ2v) is 6.67. The van der Waals surface area contributed by atoms with Crippen molar-refractivity contribution in [2.45, 2.75) is 32.6 Å². The van der Waals surface area contributed by atoms with Crippen molar-refractivity contribution in [3.8, 4) is 0 Å². The van der Waals surface area contributed by atoms with Crippen LogP contribution in [0.2, 0.25) is 0 Å². The number of halogens is 2. The summed E-state index contributed by atoms with van der Waals surface area (Å²) in [7, 11) is -3.59. The van der Waals surface area contributed by atoms with E-state index in [2.05, 4.69) is 0 Å². The number of hydrogen-bond donors (Lipinski definition) is 1. The average molecular weight is 277 g/mol. The lowest BCUT2D eigenvalue weighted by atomic mass is 9.82. The maximum Gasteiger partial charge on any atom is 0.229 e. The Morgan fingerprint density at radius 3 is 2.22 bits per heavy atom. The van der Waals surface area contributed by atoms with Gasteiger partial charge in [0.2, 0.25) is 10.0 Å². The molecule has 1 aromatic rings. The molecular weight excluding hydrogens is 260 g/mol. The first-order valence-corrected chi connectivity index (χ1v) is 7.43. The second-order valence-electron chi connectivity index (χ2n) is 4.92. The lowest BCUT2D eigenvalue weighted by Crippen LogP contribution is -2.19. The molecule has 0 radical (unpaired) electrons. The Balaban J connectivity index is 3.36. The average Bonchev–Trinajstić information content (AvgIpc) is 2.20. The number of benzene rings is 1. The Morgan fingerprint density at radius 2 is 1.78 bits per heavy atom. The molecule has 0 unspecified atom stereocenters. The van der Waals surface area contributed by atoms with Gasteiger partial charge in [0, 0.05) is 6.07 Å². The van der Waals surface area contributed by atoms with E-state index in [0.717, 1.165) is 6.26 Å². The summed E-state index contributed by atoms with van der Waals surface area (Å²) in [6, 6.07) is 1.93. The number of hydrogen-bond acceptors (Lipinski definition) is 2. The molecule has 3 nitrogen and oxygen atoms in total. The van der Waals surface area contributed by atoms with Crippen LogP contribution in [0.4, 0.5) is 14.5 Å². The molecule has 0 spiro atoms. The summed E-state index contributed by atoms with van der Waals surface area (Å²) in [4.78, 5) is 0. The minimum atomic E-state index is -3.59. The molecule has 0 aliphatic heterocycles. The van der Waals surface area contributed by atoms with Crippen LogP contribution in [0.1, 0.15) is 32.8 Å². The van der Waals surface area contributed by atoms with Gasteiger partial charge in [0.15, 0.2) is 0 Å². The molecule has 0 amide bonds. The van der Waals surface area contributed by atoms with Crippen molar-refractivity contribution in [3.63, 3.8) is 0 Å². The predicted molar refractivity (Wildman–Crippen MR) is 68.1 cm³/mol. The Labute approximate surface area is 106 Å². The van der Waals surface area contributed by atoms with Gasteiger partial charge in [0.25, 0.3) is 0 Å². The summed E-state index contributed by atoms with van der Waals surface area (Å²) < 4.78 is 51.5. The molecule has 0 atom stereocenters. The molecule has 0 aromatic heterocycles. The van der Waals surface area contributed by atoms with Crippen molar-refractivity contribution in [1.29, 1.82) is 0 Å². The summed E-state index contributed by atoms with van der Waals surface area (Å²) in [6.45, 7) is 5.51. The lowest BCUT2D eigenvalue weighted by molar-refractivity contribution is 0.465. The van der Waals surface area contributed by atoms with Crippen LogP contribution in [0.25, 0.3) is 0 Å². The minimum Gasteiger partial charge on any atom is -0.281 e. The smallest absolute Gasteiger partial charge is 0.229 e. The SMILES string of the molecule is CCC(C)(C)c1cc(NS(C)(=O)=O)c(F)cc1F. The fourth-order valence-corrected chi connectivity index (χ4v) is 2.09. The van der Waals surface area contributed by atoms with E-state index in [1.165, 1.54) is 6.07 Å².